The normalized spacial score (nSPS) is 39.3. The van der Waals surface area contributed by atoms with E-state index in [1.54, 1.807) is 6.08 Å². The molecule has 4 heteroatoms. The first kappa shape index (κ1) is 9.93. The lowest BCUT2D eigenvalue weighted by Crippen LogP contribution is -2.26. The molecule has 3 unspecified atom stereocenters. The van der Waals surface area contributed by atoms with Gasteiger partial charge < -0.3 is 5.11 Å². The van der Waals surface area contributed by atoms with Crippen LogP contribution in [0.4, 0.5) is 0 Å². The number of hydrogen-bond acceptors (Lipinski definition) is 3. The fourth-order valence-electron chi connectivity index (χ4n) is 2.21. The fourth-order valence-corrected chi connectivity index (χ4v) is 4.45. The van der Waals surface area contributed by atoms with Crippen molar-refractivity contribution in [3.05, 3.63) is 23.8 Å². The van der Waals surface area contributed by atoms with E-state index in [9.17, 15) is 8.42 Å². The molecule has 0 spiro atoms. The molecule has 3 atom stereocenters. The van der Waals surface area contributed by atoms with Crippen LogP contribution in [0.25, 0.3) is 0 Å². The average Bonchev–Trinajstić information content (AvgIpc) is 2.38. The van der Waals surface area contributed by atoms with Crippen molar-refractivity contribution in [1.29, 1.82) is 0 Å². The summed E-state index contributed by atoms with van der Waals surface area (Å²) in [6, 6.07) is 0. The van der Waals surface area contributed by atoms with E-state index in [0.717, 1.165) is 5.57 Å². The number of rotatable bonds is 1. The molecule has 0 amide bonds. The van der Waals surface area contributed by atoms with Crippen molar-refractivity contribution in [2.45, 2.75) is 23.8 Å². The lowest BCUT2D eigenvalue weighted by Gasteiger charge is -2.15. The van der Waals surface area contributed by atoms with Gasteiger partial charge in [0.1, 0.15) is 0 Å². The van der Waals surface area contributed by atoms with Crippen molar-refractivity contribution in [3.63, 3.8) is 0 Å². The highest BCUT2D eigenvalue weighted by Gasteiger charge is 2.45. The van der Waals surface area contributed by atoms with Gasteiger partial charge in [-0.25, -0.2) is 8.42 Å². The van der Waals surface area contributed by atoms with E-state index in [0.29, 0.717) is 6.42 Å². The van der Waals surface area contributed by atoms with Crippen LogP contribution in [0.5, 0.6) is 0 Å². The van der Waals surface area contributed by atoms with Gasteiger partial charge in [0.15, 0.2) is 9.84 Å². The van der Waals surface area contributed by atoms with Crippen molar-refractivity contribution in [3.8, 4) is 0 Å². The van der Waals surface area contributed by atoms with Crippen LogP contribution in [-0.4, -0.2) is 30.6 Å². The molecule has 1 saturated heterocycles. The van der Waals surface area contributed by atoms with E-state index >= 15 is 0 Å². The van der Waals surface area contributed by atoms with Crippen LogP contribution in [0.2, 0.25) is 0 Å². The Morgan fingerprint density at radius 2 is 2.29 bits per heavy atom. The van der Waals surface area contributed by atoms with Gasteiger partial charge >= 0.3 is 0 Å². The summed E-state index contributed by atoms with van der Waals surface area (Å²) in [6.07, 6.45) is 6.27. The molecule has 0 saturated carbocycles. The van der Waals surface area contributed by atoms with Gasteiger partial charge in [0.2, 0.25) is 0 Å². The summed E-state index contributed by atoms with van der Waals surface area (Å²) in [6.45, 7) is 1.64. The smallest absolute Gasteiger partial charge is 0.162 e. The Morgan fingerprint density at radius 1 is 1.57 bits per heavy atom. The maximum absolute atomic E-state index is 11.9. The van der Waals surface area contributed by atoms with Crippen LogP contribution >= 0.6 is 0 Å². The standard InChI is InChI=1S/C10H14O3S/c1-7-2-3-8-5-9(6-11)14(12,13)10(8)4-7/h2-4,8-11H,5-6H2,1H3. The topological polar surface area (TPSA) is 54.4 Å². The van der Waals surface area contributed by atoms with Gasteiger partial charge in [-0.2, -0.15) is 0 Å². The Labute approximate surface area is 84.1 Å². The van der Waals surface area contributed by atoms with Crippen molar-refractivity contribution >= 4 is 9.84 Å². The molecule has 0 bridgehead atoms. The second kappa shape index (κ2) is 3.21. The molecule has 1 aliphatic carbocycles. The molecular weight excluding hydrogens is 200 g/mol. The highest BCUT2D eigenvalue weighted by atomic mass is 32.2. The predicted molar refractivity (Wildman–Crippen MR) is 54.6 cm³/mol. The van der Waals surface area contributed by atoms with E-state index in [1.807, 2.05) is 19.1 Å². The molecule has 0 radical (unpaired) electrons. The van der Waals surface area contributed by atoms with Crippen molar-refractivity contribution in [1.82, 2.24) is 0 Å². The fraction of sp³-hybridized carbons (Fsp3) is 0.600. The molecular formula is C10H14O3S. The molecule has 2 aliphatic rings. The van der Waals surface area contributed by atoms with Crippen LogP contribution in [0.3, 0.4) is 0 Å². The number of fused-ring (bicyclic) bond motifs is 1. The van der Waals surface area contributed by atoms with Gasteiger partial charge in [-0.1, -0.05) is 23.8 Å². The Kier molecular flexibility index (Phi) is 2.27. The molecule has 1 heterocycles. The largest absolute Gasteiger partial charge is 0.395 e. The third-order valence-electron chi connectivity index (χ3n) is 3.04. The monoisotopic (exact) mass is 214 g/mol. The second-order valence-electron chi connectivity index (χ2n) is 4.03. The Morgan fingerprint density at radius 3 is 2.93 bits per heavy atom. The molecule has 1 N–H and O–H groups in total. The lowest BCUT2D eigenvalue weighted by atomic mass is 9.93. The highest BCUT2D eigenvalue weighted by molar-refractivity contribution is 7.93. The Bertz CT molecular complexity index is 392. The first-order chi connectivity index (χ1) is 6.55. The highest BCUT2D eigenvalue weighted by Crippen LogP contribution is 2.37. The average molecular weight is 214 g/mol. The van der Waals surface area contributed by atoms with Crippen LogP contribution in [-0.2, 0) is 9.84 Å². The van der Waals surface area contributed by atoms with E-state index in [1.165, 1.54) is 0 Å². The third-order valence-corrected chi connectivity index (χ3v) is 5.55. The summed E-state index contributed by atoms with van der Waals surface area (Å²) in [5.74, 6) is 0.0702. The van der Waals surface area contributed by atoms with Crippen LogP contribution in [0, 0.1) is 5.92 Å². The molecule has 2 rings (SSSR count). The molecule has 1 fully saturated rings. The third kappa shape index (κ3) is 1.33. The van der Waals surface area contributed by atoms with Crippen molar-refractivity contribution in [2.75, 3.05) is 6.61 Å². The minimum absolute atomic E-state index is 0.0702. The van der Waals surface area contributed by atoms with Gasteiger partial charge in [-0.15, -0.1) is 0 Å². The van der Waals surface area contributed by atoms with Crippen LogP contribution in [0.1, 0.15) is 13.3 Å². The van der Waals surface area contributed by atoms with Crippen LogP contribution < -0.4 is 0 Å². The van der Waals surface area contributed by atoms with Gasteiger partial charge in [0.25, 0.3) is 0 Å². The lowest BCUT2D eigenvalue weighted by molar-refractivity contribution is 0.286. The molecule has 0 aromatic heterocycles. The summed E-state index contributed by atoms with van der Waals surface area (Å²) in [7, 11) is -3.15. The van der Waals surface area contributed by atoms with E-state index in [4.69, 9.17) is 5.11 Å². The first-order valence-corrected chi connectivity index (χ1v) is 6.37. The second-order valence-corrected chi connectivity index (χ2v) is 6.42. The molecule has 3 nitrogen and oxygen atoms in total. The number of allylic oxidation sites excluding steroid dienone is 3. The number of aliphatic hydroxyl groups excluding tert-OH is 1. The van der Waals surface area contributed by atoms with Gasteiger partial charge in [-0.05, 0) is 19.3 Å². The first-order valence-electron chi connectivity index (χ1n) is 4.76. The van der Waals surface area contributed by atoms with E-state index in [-0.39, 0.29) is 12.5 Å². The zero-order valence-corrected chi connectivity index (χ0v) is 8.87. The number of sulfone groups is 1. The molecule has 78 valence electrons. The SMILES string of the molecule is CC1=CC2C(C=C1)CC(CO)S2(=O)=O. The Hall–Kier alpha value is -0.610. The quantitative estimate of drug-likeness (QED) is 0.698. The van der Waals surface area contributed by atoms with Gasteiger partial charge in [0.05, 0.1) is 17.1 Å². The molecule has 0 aromatic carbocycles. The molecule has 1 aliphatic heterocycles. The summed E-state index contributed by atoms with van der Waals surface area (Å²) in [5, 5.41) is 8.03. The summed E-state index contributed by atoms with van der Waals surface area (Å²) >= 11 is 0. The Balaban J connectivity index is 2.40. The minimum Gasteiger partial charge on any atom is -0.395 e. The zero-order chi connectivity index (χ0) is 10.3. The number of aliphatic hydroxyl groups is 1. The van der Waals surface area contributed by atoms with E-state index < -0.39 is 20.3 Å². The van der Waals surface area contributed by atoms with Gasteiger partial charge in [0, 0.05) is 0 Å². The number of hydrogen-bond donors (Lipinski definition) is 1. The minimum atomic E-state index is -3.15. The summed E-state index contributed by atoms with van der Waals surface area (Å²) in [5.41, 5.74) is 0.994. The molecule has 14 heavy (non-hydrogen) atoms. The van der Waals surface area contributed by atoms with Crippen LogP contribution in [0.15, 0.2) is 23.8 Å². The predicted octanol–water partition coefficient (Wildman–Crippen LogP) is 0.667. The van der Waals surface area contributed by atoms with Gasteiger partial charge in [-0.3, -0.25) is 0 Å². The van der Waals surface area contributed by atoms with Crippen molar-refractivity contribution < 1.29 is 13.5 Å². The van der Waals surface area contributed by atoms with Crippen molar-refractivity contribution in [2.24, 2.45) is 5.92 Å². The summed E-state index contributed by atoms with van der Waals surface area (Å²) in [4.78, 5) is 0. The summed E-state index contributed by atoms with van der Waals surface area (Å²) < 4.78 is 23.7. The maximum Gasteiger partial charge on any atom is 0.162 e. The van der Waals surface area contributed by atoms with E-state index in [2.05, 4.69) is 0 Å². The zero-order valence-electron chi connectivity index (χ0n) is 8.05. The maximum atomic E-state index is 11.9. The molecule has 0 aromatic rings.